The van der Waals surface area contributed by atoms with Crippen LogP contribution in [0.2, 0.25) is 0 Å². The van der Waals surface area contributed by atoms with E-state index in [0.29, 0.717) is 26.3 Å². The minimum Gasteiger partial charge on any atom is -0.381 e. The number of amides is 1. The monoisotopic (exact) mass is 476 g/mol. The summed E-state index contributed by atoms with van der Waals surface area (Å²) in [6, 6.07) is 1.32. The maximum atomic E-state index is 13.3. The average molecular weight is 476 g/mol. The highest BCUT2D eigenvalue weighted by Crippen LogP contribution is 2.33. The Morgan fingerprint density at radius 3 is 2.59 bits per heavy atom. The smallest absolute Gasteiger partial charge is 0.381 e. The molecule has 3 aromatic rings. The zero-order valence-electron chi connectivity index (χ0n) is 17.9. The summed E-state index contributed by atoms with van der Waals surface area (Å²) < 4.78 is 60.5. The summed E-state index contributed by atoms with van der Waals surface area (Å²) in [7, 11) is 0. The summed E-state index contributed by atoms with van der Waals surface area (Å²) in [6.45, 7) is 4.48. The fourth-order valence-corrected chi connectivity index (χ4v) is 4.60. The van der Waals surface area contributed by atoms with Crippen molar-refractivity contribution in [2.75, 3.05) is 26.3 Å². The van der Waals surface area contributed by atoms with Crippen molar-refractivity contribution in [3.05, 3.63) is 42.9 Å². The number of halogens is 4. The van der Waals surface area contributed by atoms with E-state index in [0.717, 1.165) is 10.9 Å². The van der Waals surface area contributed by atoms with Crippen LogP contribution in [0.3, 0.4) is 0 Å². The Balaban J connectivity index is 1.59. The first-order valence-electron chi connectivity index (χ1n) is 10.6. The number of carbonyl (C=O) groups is 1. The van der Waals surface area contributed by atoms with Gasteiger partial charge in [-0.15, -0.1) is 0 Å². The molecule has 2 atom stereocenters. The lowest BCUT2D eigenvalue weighted by Crippen LogP contribution is -2.31. The first kappa shape index (κ1) is 22.3. The summed E-state index contributed by atoms with van der Waals surface area (Å²) >= 11 is 0. The van der Waals surface area contributed by atoms with Crippen LogP contribution in [-0.2, 0) is 11.3 Å². The molecule has 1 amide bonds. The maximum Gasteiger partial charge on any atom is 0.408 e. The standard InChI is InChI=1S/C22H20F4N6O2/c1-2-19-28-7-18(31(19)4-3-23)20-15-6-27-16(5-17(15)32(29-20)12-22(24,25)26)21(33)30-8-13-10-34-11-14(13)9-30/h2-7,13-14H,1,8-12H2/b4-3+. The molecule has 2 unspecified atom stereocenters. The molecule has 0 spiro atoms. The van der Waals surface area contributed by atoms with Crippen LogP contribution in [0.5, 0.6) is 0 Å². The van der Waals surface area contributed by atoms with Crippen LogP contribution in [0, 0.1) is 11.8 Å². The first-order chi connectivity index (χ1) is 16.3. The van der Waals surface area contributed by atoms with E-state index in [4.69, 9.17) is 4.74 Å². The van der Waals surface area contributed by atoms with Gasteiger partial charge in [0.15, 0.2) is 0 Å². The molecule has 2 fully saturated rings. The van der Waals surface area contributed by atoms with Crippen molar-refractivity contribution in [1.82, 2.24) is 29.2 Å². The Hall–Kier alpha value is -3.54. The van der Waals surface area contributed by atoms with Crippen LogP contribution >= 0.6 is 0 Å². The van der Waals surface area contributed by atoms with Crippen molar-refractivity contribution >= 4 is 29.1 Å². The molecule has 3 aromatic heterocycles. The minimum absolute atomic E-state index is 0.0345. The highest BCUT2D eigenvalue weighted by atomic mass is 19.4. The molecule has 34 heavy (non-hydrogen) atoms. The number of likely N-dealkylation sites (tertiary alicyclic amines) is 1. The fraction of sp³-hybridized carbons (Fsp3) is 0.364. The normalized spacial score (nSPS) is 20.5. The number of hydrogen-bond donors (Lipinski definition) is 0. The molecular weight excluding hydrogens is 456 g/mol. The second-order valence-corrected chi connectivity index (χ2v) is 8.33. The molecular formula is C22H20F4N6O2. The SMILES string of the molecule is C=Cc1ncc(-c2nn(CC(F)(F)F)c3cc(C(=O)N4CC5COCC5C4)ncc23)n1/C=C/F. The molecule has 0 aliphatic carbocycles. The van der Waals surface area contributed by atoms with E-state index in [2.05, 4.69) is 21.6 Å². The topological polar surface area (TPSA) is 78.1 Å². The van der Waals surface area contributed by atoms with Crippen LogP contribution < -0.4 is 0 Å². The quantitative estimate of drug-likeness (QED) is 0.526. The van der Waals surface area contributed by atoms with Crippen molar-refractivity contribution in [3.8, 4) is 11.4 Å². The molecule has 0 radical (unpaired) electrons. The third-order valence-corrected chi connectivity index (χ3v) is 6.17. The fourth-order valence-electron chi connectivity index (χ4n) is 4.60. The van der Waals surface area contributed by atoms with E-state index in [1.54, 1.807) is 4.90 Å². The maximum absolute atomic E-state index is 13.3. The minimum atomic E-state index is -4.55. The summed E-state index contributed by atoms with van der Waals surface area (Å²) in [6.07, 6.45) is 0.847. The van der Waals surface area contributed by atoms with Gasteiger partial charge in [-0.2, -0.15) is 18.3 Å². The lowest BCUT2D eigenvalue weighted by molar-refractivity contribution is -0.141. The van der Waals surface area contributed by atoms with E-state index < -0.39 is 12.7 Å². The molecule has 0 N–H and O–H groups in total. The van der Waals surface area contributed by atoms with Gasteiger partial charge in [-0.25, -0.2) is 9.37 Å². The van der Waals surface area contributed by atoms with Crippen LogP contribution in [0.1, 0.15) is 16.3 Å². The van der Waals surface area contributed by atoms with Gasteiger partial charge in [-0.05, 0) is 12.1 Å². The number of aromatic nitrogens is 5. The largest absolute Gasteiger partial charge is 0.408 e. The molecule has 2 aliphatic rings. The third kappa shape index (κ3) is 3.87. The predicted molar refractivity (Wildman–Crippen MR) is 115 cm³/mol. The first-order valence-corrected chi connectivity index (χ1v) is 10.6. The van der Waals surface area contributed by atoms with Gasteiger partial charge in [-0.3, -0.25) is 19.0 Å². The summed E-state index contributed by atoms with van der Waals surface area (Å²) in [5.74, 6) is 0.457. The molecule has 12 heteroatoms. The van der Waals surface area contributed by atoms with Crippen LogP contribution in [-0.4, -0.2) is 67.6 Å². The number of pyridine rings is 1. The number of rotatable bonds is 5. The van der Waals surface area contributed by atoms with E-state index in [-0.39, 0.29) is 57.9 Å². The molecule has 5 heterocycles. The molecule has 0 aromatic carbocycles. The van der Waals surface area contributed by atoms with Crippen LogP contribution in [0.15, 0.2) is 31.4 Å². The van der Waals surface area contributed by atoms with Crippen molar-refractivity contribution in [2.24, 2.45) is 11.8 Å². The number of carbonyl (C=O) groups excluding carboxylic acids is 1. The number of hydrogen-bond acceptors (Lipinski definition) is 5. The molecule has 0 saturated carbocycles. The second-order valence-electron chi connectivity index (χ2n) is 8.33. The van der Waals surface area contributed by atoms with Crippen molar-refractivity contribution < 1.29 is 27.1 Å². The van der Waals surface area contributed by atoms with Crippen molar-refractivity contribution in [2.45, 2.75) is 12.7 Å². The molecule has 8 nitrogen and oxygen atoms in total. The Labute approximate surface area is 191 Å². The van der Waals surface area contributed by atoms with Gasteiger partial charge in [-0.1, -0.05) is 6.58 Å². The van der Waals surface area contributed by atoms with E-state index in [9.17, 15) is 22.4 Å². The Bertz CT molecular complexity index is 1280. The zero-order valence-corrected chi connectivity index (χ0v) is 17.9. The number of ether oxygens (including phenoxy) is 1. The van der Waals surface area contributed by atoms with Crippen molar-refractivity contribution in [3.63, 3.8) is 0 Å². The average Bonchev–Trinajstić information content (AvgIpc) is 3.55. The summed E-state index contributed by atoms with van der Waals surface area (Å²) in [5.41, 5.74) is 0.498. The van der Waals surface area contributed by atoms with Gasteiger partial charge >= 0.3 is 6.18 Å². The predicted octanol–water partition coefficient (Wildman–Crippen LogP) is 3.62. The zero-order chi connectivity index (χ0) is 24.0. The third-order valence-electron chi connectivity index (χ3n) is 6.17. The van der Waals surface area contributed by atoms with Gasteiger partial charge in [0, 0.05) is 42.7 Å². The number of nitrogens with zero attached hydrogens (tertiary/aromatic N) is 6. The van der Waals surface area contributed by atoms with E-state index in [1.165, 1.54) is 29.1 Å². The second kappa shape index (κ2) is 8.35. The van der Waals surface area contributed by atoms with Gasteiger partial charge in [0.1, 0.15) is 30.1 Å². The number of alkyl halides is 3. The molecule has 2 aliphatic heterocycles. The molecule has 5 rings (SSSR count). The Morgan fingerprint density at radius 1 is 1.21 bits per heavy atom. The Kier molecular flexibility index (Phi) is 5.47. The van der Waals surface area contributed by atoms with Crippen LogP contribution in [0.25, 0.3) is 34.6 Å². The summed E-state index contributed by atoms with van der Waals surface area (Å²) in [5, 5.41) is 4.42. The molecule has 0 bridgehead atoms. The lowest BCUT2D eigenvalue weighted by atomic mass is 10.0. The van der Waals surface area contributed by atoms with Gasteiger partial charge in [0.2, 0.25) is 0 Å². The van der Waals surface area contributed by atoms with Gasteiger partial charge in [0.25, 0.3) is 5.91 Å². The number of imidazole rings is 1. The summed E-state index contributed by atoms with van der Waals surface area (Å²) in [4.78, 5) is 23.1. The molecule has 2 saturated heterocycles. The number of fused-ring (bicyclic) bond motifs is 2. The highest BCUT2D eigenvalue weighted by molar-refractivity contribution is 5.99. The van der Waals surface area contributed by atoms with Gasteiger partial charge in [0.05, 0.1) is 30.6 Å². The van der Waals surface area contributed by atoms with Gasteiger partial charge < -0.3 is 9.64 Å². The van der Waals surface area contributed by atoms with Crippen LogP contribution in [0.4, 0.5) is 17.6 Å². The Morgan fingerprint density at radius 2 is 1.94 bits per heavy atom. The highest BCUT2D eigenvalue weighted by Gasteiger charge is 2.39. The molecule has 178 valence electrons. The van der Waals surface area contributed by atoms with E-state index >= 15 is 0 Å². The van der Waals surface area contributed by atoms with Crippen molar-refractivity contribution in [1.29, 1.82) is 0 Å². The van der Waals surface area contributed by atoms with E-state index in [1.807, 2.05) is 0 Å². The lowest BCUT2D eigenvalue weighted by Gasteiger charge is -2.17.